The van der Waals surface area contributed by atoms with E-state index in [0.717, 1.165) is 25.7 Å². The summed E-state index contributed by atoms with van der Waals surface area (Å²) in [5, 5.41) is 0. The third-order valence-corrected chi connectivity index (χ3v) is 5.20. The smallest absolute Gasteiger partial charge is 0.354 e. The first kappa shape index (κ1) is 33.9. The maximum Gasteiger partial charge on any atom is 0.354 e. The standard InChI is InChI=1S/C28H46O10/c1-7-13-19-35-27(33-11-5,21-31-9-3)37-25(29)23-17-15-16-18-24(23)26(30)38-28(34-12-6,22-32-10-4)36-20-14-8-2/h15-18H,7-14,19-22H2,1-6H3. The van der Waals surface area contributed by atoms with Gasteiger partial charge >= 0.3 is 23.9 Å². The summed E-state index contributed by atoms with van der Waals surface area (Å²) in [6.45, 7) is 12.6. The van der Waals surface area contributed by atoms with Gasteiger partial charge in [-0.1, -0.05) is 38.8 Å². The largest absolute Gasteiger partial charge is 0.402 e. The first-order valence-corrected chi connectivity index (χ1v) is 13.6. The van der Waals surface area contributed by atoms with Gasteiger partial charge in [-0.05, 0) is 52.7 Å². The van der Waals surface area contributed by atoms with Gasteiger partial charge in [-0.25, -0.2) is 9.59 Å². The average Bonchev–Trinajstić information content (AvgIpc) is 2.91. The van der Waals surface area contributed by atoms with E-state index in [1.165, 1.54) is 12.1 Å². The molecule has 38 heavy (non-hydrogen) atoms. The molecule has 1 aromatic rings. The van der Waals surface area contributed by atoms with Crippen LogP contribution in [0.1, 0.15) is 87.9 Å². The van der Waals surface area contributed by atoms with Crippen molar-refractivity contribution in [3.63, 3.8) is 0 Å². The normalized spacial score (nSPS) is 14.5. The topological polar surface area (TPSA) is 108 Å². The van der Waals surface area contributed by atoms with Crippen LogP contribution in [0.3, 0.4) is 0 Å². The van der Waals surface area contributed by atoms with Crippen molar-refractivity contribution in [2.45, 2.75) is 79.2 Å². The van der Waals surface area contributed by atoms with E-state index in [0.29, 0.717) is 26.4 Å². The zero-order valence-corrected chi connectivity index (χ0v) is 23.9. The molecule has 0 fully saturated rings. The molecule has 10 nitrogen and oxygen atoms in total. The molecule has 0 N–H and O–H groups in total. The van der Waals surface area contributed by atoms with Crippen LogP contribution in [0.4, 0.5) is 0 Å². The van der Waals surface area contributed by atoms with Crippen LogP contribution in [-0.4, -0.2) is 76.7 Å². The maximum absolute atomic E-state index is 13.4. The summed E-state index contributed by atoms with van der Waals surface area (Å²) in [6, 6.07) is 6.16. The van der Waals surface area contributed by atoms with E-state index in [9.17, 15) is 9.59 Å². The molecule has 2 atom stereocenters. The predicted molar refractivity (Wildman–Crippen MR) is 141 cm³/mol. The summed E-state index contributed by atoms with van der Waals surface area (Å²) in [6.07, 6.45) is 3.23. The van der Waals surface area contributed by atoms with Gasteiger partial charge in [-0.15, -0.1) is 0 Å². The molecular formula is C28H46O10. The van der Waals surface area contributed by atoms with Crippen molar-refractivity contribution in [3.8, 4) is 0 Å². The van der Waals surface area contributed by atoms with Crippen LogP contribution >= 0.6 is 0 Å². The number of carbonyl (C=O) groups excluding carboxylic acids is 2. The lowest BCUT2D eigenvalue weighted by Gasteiger charge is -2.33. The minimum absolute atomic E-state index is 0.0347. The summed E-state index contributed by atoms with van der Waals surface area (Å²) < 4.78 is 45.6. The van der Waals surface area contributed by atoms with Gasteiger partial charge in [0.25, 0.3) is 0 Å². The summed E-state index contributed by atoms with van der Waals surface area (Å²) in [7, 11) is 0. The Hall–Kier alpha value is -2.08. The zero-order chi connectivity index (χ0) is 28.3. The minimum Gasteiger partial charge on any atom is -0.402 e. The Kier molecular flexibility index (Phi) is 17.0. The summed E-state index contributed by atoms with van der Waals surface area (Å²) in [5.74, 6) is -5.19. The molecule has 218 valence electrons. The molecular weight excluding hydrogens is 496 g/mol. The van der Waals surface area contributed by atoms with Gasteiger partial charge in [0, 0.05) is 13.2 Å². The van der Waals surface area contributed by atoms with Gasteiger partial charge in [-0.2, -0.15) is 0 Å². The van der Waals surface area contributed by atoms with Gasteiger partial charge in [-0.3, -0.25) is 0 Å². The molecule has 0 aromatic heterocycles. The number of ether oxygens (including phenoxy) is 8. The highest BCUT2D eigenvalue weighted by molar-refractivity contribution is 6.03. The number of hydrogen-bond donors (Lipinski definition) is 0. The first-order chi connectivity index (χ1) is 18.4. The highest BCUT2D eigenvalue weighted by Gasteiger charge is 2.41. The van der Waals surface area contributed by atoms with Gasteiger partial charge < -0.3 is 37.9 Å². The van der Waals surface area contributed by atoms with E-state index in [4.69, 9.17) is 37.9 Å². The Bertz CT molecular complexity index is 737. The van der Waals surface area contributed by atoms with Crippen LogP contribution in [0.25, 0.3) is 0 Å². The van der Waals surface area contributed by atoms with Crippen molar-refractivity contribution < 1.29 is 47.5 Å². The lowest BCUT2D eigenvalue weighted by Crippen LogP contribution is -2.47. The van der Waals surface area contributed by atoms with Crippen molar-refractivity contribution in [2.75, 3.05) is 52.9 Å². The summed E-state index contributed by atoms with van der Waals surface area (Å²) in [4.78, 5) is 26.8. The van der Waals surface area contributed by atoms with Crippen LogP contribution in [-0.2, 0) is 37.9 Å². The second kappa shape index (κ2) is 19.1. The fraction of sp³-hybridized carbons (Fsp3) is 0.714. The van der Waals surface area contributed by atoms with E-state index in [1.807, 2.05) is 27.7 Å². The Balaban J connectivity index is 3.28. The third-order valence-electron chi connectivity index (χ3n) is 5.20. The quantitative estimate of drug-likeness (QED) is 0.112. The van der Waals surface area contributed by atoms with E-state index >= 15 is 0 Å². The SMILES string of the molecule is CCCCOC(COCC)(OCC)OC(=O)c1ccccc1C(=O)OC(COCC)(OCC)OCCCC. The first-order valence-electron chi connectivity index (χ1n) is 13.6. The number of carbonyl (C=O) groups is 2. The van der Waals surface area contributed by atoms with E-state index in [2.05, 4.69) is 0 Å². The molecule has 0 aliphatic heterocycles. The highest BCUT2D eigenvalue weighted by Crippen LogP contribution is 2.24. The molecule has 1 rings (SSSR count). The van der Waals surface area contributed by atoms with Crippen molar-refractivity contribution in [3.05, 3.63) is 35.4 Å². The molecule has 0 aliphatic rings. The van der Waals surface area contributed by atoms with Gasteiger partial charge in [0.1, 0.15) is 13.2 Å². The Morgan fingerprint density at radius 3 is 1.32 bits per heavy atom. The molecule has 0 aliphatic carbocycles. The second-order valence-electron chi connectivity index (χ2n) is 8.23. The van der Waals surface area contributed by atoms with Crippen LogP contribution < -0.4 is 0 Å². The lowest BCUT2D eigenvalue weighted by molar-refractivity contribution is -0.371. The lowest BCUT2D eigenvalue weighted by atomic mass is 10.1. The summed E-state index contributed by atoms with van der Waals surface area (Å²) >= 11 is 0. The number of unbranched alkanes of at least 4 members (excludes halogenated alkanes) is 2. The van der Waals surface area contributed by atoms with E-state index < -0.39 is 23.9 Å². The van der Waals surface area contributed by atoms with Crippen LogP contribution in [0.15, 0.2) is 24.3 Å². The summed E-state index contributed by atoms with van der Waals surface area (Å²) in [5.41, 5.74) is -0.0694. The van der Waals surface area contributed by atoms with E-state index in [-0.39, 0.29) is 37.6 Å². The van der Waals surface area contributed by atoms with Gasteiger partial charge in [0.15, 0.2) is 0 Å². The number of esters is 2. The highest BCUT2D eigenvalue weighted by atomic mass is 16.9. The molecule has 0 spiro atoms. The molecule has 0 amide bonds. The predicted octanol–water partition coefficient (Wildman–Crippen LogP) is 5.09. The fourth-order valence-corrected chi connectivity index (χ4v) is 3.30. The molecule has 0 bridgehead atoms. The molecule has 10 heteroatoms. The Labute approximate surface area is 227 Å². The minimum atomic E-state index is -1.76. The molecule has 0 radical (unpaired) electrons. The molecule has 0 saturated carbocycles. The van der Waals surface area contributed by atoms with Crippen LogP contribution in [0.5, 0.6) is 0 Å². The van der Waals surface area contributed by atoms with Gasteiger partial charge in [0.05, 0.1) is 37.6 Å². The fourth-order valence-electron chi connectivity index (χ4n) is 3.30. The average molecular weight is 543 g/mol. The maximum atomic E-state index is 13.4. The van der Waals surface area contributed by atoms with Crippen molar-refractivity contribution >= 4 is 11.9 Å². The molecule has 0 heterocycles. The van der Waals surface area contributed by atoms with Crippen molar-refractivity contribution in [1.29, 1.82) is 0 Å². The monoisotopic (exact) mass is 542 g/mol. The third kappa shape index (κ3) is 11.3. The van der Waals surface area contributed by atoms with Crippen molar-refractivity contribution in [2.24, 2.45) is 0 Å². The molecule has 0 saturated heterocycles. The Morgan fingerprint density at radius 2 is 1.00 bits per heavy atom. The van der Waals surface area contributed by atoms with Crippen molar-refractivity contribution in [1.82, 2.24) is 0 Å². The Morgan fingerprint density at radius 1 is 0.605 bits per heavy atom. The van der Waals surface area contributed by atoms with E-state index in [1.54, 1.807) is 26.0 Å². The number of hydrogen-bond acceptors (Lipinski definition) is 10. The molecule has 2 unspecified atom stereocenters. The number of benzene rings is 1. The van der Waals surface area contributed by atoms with Crippen LogP contribution in [0, 0.1) is 0 Å². The zero-order valence-electron chi connectivity index (χ0n) is 23.9. The van der Waals surface area contributed by atoms with Gasteiger partial charge in [0.2, 0.25) is 0 Å². The molecule has 1 aromatic carbocycles. The second-order valence-corrected chi connectivity index (χ2v) is 8.23. The number of rotatable bonds is 22. The van der Waals surface area contributed by atoms with Crippen LogP contribution in [0.2, 0.25) is 0 Å².